The number of aryl methyl sites for hydroxylation is 1. The molecule has 3 aromatic rings. The Bertz CT molecular complexity index is 1420. The maximum atomic E-state index is 12.7. The molecule has 1 saturated heterocycles. The van der Waals surface area contributed by atoms with E-state index in [1.54, 1.807) is 0 Å². The van der Waals surface area contributed by atoms with E-state index in [2.05, 4.69) is 6.07 Å². The smallest absolute Gasteiger partial charge is 0.158 e. The zero-order valence-electron chi connectivity index (χ0n) is 24.2. The van der Waals surface area contributed by atoms with Gasteiger partial charge in [-0.05, 0) is 72.1 Å². The third-order valence-electron chi connectivity index (χ3n) is 6.97. The van der Waals surface area contributed by atoms with Gasteiger partial charge in [0.2, 0.25) is 0 Å². The molecule has 0 bridgehead atoms. The molecule has 0 unspecified atom stereocenters. The summed E-state index contributed by atoms with van der Waals surface area (Å²) in [6, 6.07) is 22.9. The molecule has 34 heavy (non-hydrogen) atoms. The first-order valence-corrected chi connectivity index (χ1v) is 13.6. The fourth-order valence-corrected chi connectivity index (χ4v) is 6.51. The van der Waals surface area contributed by atoms with Crippen LogP contribution in [-0.4, -0.2) is 38.5 Å². The number of sulfone groups is 1. The second kappa shape index (κ2) is 9.55. The molecule has 2 aliphatic rings. The minimum atomic E-state index is -3.28. The fourth-order valence-electron chi connectivity index (χ4n) is 5.01. The average molecular weight is 481 g/mol. The van der Waals surface area contributed by atoms with Gasteiger partial charge in [-0.15, -0.1) is 0 Å². The van der Waals surface area contributed by atoms with E-state index in [-0.39, 0.29) is 11.5 Å². The van der Waals surface area contributed by atoms with Gasteiger partial charge in [0.15, 0.2) is 9.84 Å². The molecule has 4 nitrogen and oxygen atoms in total. The second-order valence-electron chi connectivity index (χ2n) is 9.42. The largest absolute Gasteiger partial charge is 0.487 e. The van der Waals surface area contributed by atoms with Crippen LogP contribution in [0.3, 0.4) is 0 Å². The number of fused-ring (bicyclic) bond motifs is 1. The first-order chi connectivity index (χ1) is 18.4. The summed E-state index contributed by atoms with van der Waals surface area (Å²) in [5.74, 6) is 0.834. The van der Waals surface area contributed by atoms with Crippen molar-refractivity contribution in [2.45, 2.75) is 49.6 Å². The molecule has 1 spiro atoms. The molecular formula is C29H33NO3S. The van der Waals surface area contributed by atoms with Crippen molar-refractivity contribution < 1.29 is 20.0 Å². The van der Waals surface area contributed by atoms with Gasteiger partial charge in [-0.25, -0.2) is 8.42 Å². The molecule has 0 aliphatic carbocycles. The molecule has 5 heteroatoms. The van der Waals surface area contributed by atoms with Crippen LogP contribution in [0.1, 0.15) is 49.7 Å². The minimum Gasteiger partial charge on any atom is -0.487 e. The Balaban J connectivity index is 1.23. The molecule has 5 rings (SSSR count). The highest BCUT2D eigenvalue weighted by molar-refractivity contribution is 7.89. The zero-order valence-corrected chi connectivity index (χ0v) is 20.0. The van der Waals surface area contributed by atoms with Crippen molar-refractivity contribution >= 4 is 9.84 Å². The third kappa shape index (κ3) is 5.21. The molecule has 0 aromatic heterocycles. The van der Waals surface area contributed by atoms with Crippen LogP contribution >= 0.6 is 0 Å². The van der Waals surface area contributed by atoms with Crippen molar-refractivity contribution in [3.05, 3.63) is 89.5 Å². The summed E-state index contributed by atoms with van der Waals surface area (Å²) in [5.41, 5.74) is 4.28. The van der Waals surface area contributed by atoms with Crippen molar-refractivity contribution in [1.82, 2.24) is 4.90 Å². The number of hydrogen-bond donors (Lipinski definition) is 0. The molecular weight excluding hydrogens is 442 g/mol. The second-order valence-corrected chi connectivity index (χ2v) is 11.5. The number of ether oxygens (including phenoxy) is 1. The van der Waals surface area contributed by atoms with Crippen LogP contribution in [0.4, 0.5) is 0 Å². The molecule has 0 saturated carbocycles. The normalized spacial score (nSPS) is 20.8. The molecule has 0 N–H and O–H groups in total. The van der Waals surface area contributed by atoms with E-state index in [4.69, 9.17) is 11.6 Å². The Morgan fingerprint density at radius 1 is 0.912 bits per heavy atom. The lowest BCUT2D eigenvalue weighted by Gasteiger charge is -2.44. The monoisotopic (exact) mass is 480 g/mol. The zero-order chi connectivity index (χ0) is 27.9. The minimum absolute atomic E-state index is 0.00632. The Kier molecular flexibility index (Phi) is 4.99. The fraction of sp³-hybridized carbons (Fsp3) is 0.379. The molecule has 178 valence electrons. The predicted molar refractivity (Wildman–Crippen MR) is 138 cm³/mol. The number of benzene rings is 3. The van der Waals surface area contributed by atoms with Crippen LogP contribution in [0.5, 0.6) is 5.75 Å². The van der Waals surface area contributed by atoms with Crippen molar-refractivity contribution in [2.75, 3.05) is 19.6 Å². The van der Waals surface area contributed by atoms with Crippen LogP contribution in [0.2, 0.25) is 0 Å². The molecule has 0 radical (unpaired) electrons. The van der Waals surface area contributed by atoms with Crippen molar-refractivity contribution in [2.24, 2.45) is 0 Å². The van der Waals surface area contributed by atoms with Crippen LogP contribution in [0.25, 0.3) is 11.1 Å². The highest BCUT2D eigenvalue weighted by atomic mass is 32.2. The van der Waals surface area contributed by atoms with E-state index < -0.39 is 28.8 Å². The standard InChI is InChI=1S/C29H33NO3S/c1-2-30-18-16-29(17-19-30)15-14-27-20-26(12-13-28(27)33-29)25-10-8-24(9-11-25)22-34(31,32)21-23-6-4-3-5-7-23/h3-13,20H,2,14-19,21-22H2,1H3/i1D3,2D2. The van der Waals surface area contributed by atoms with Gasteiger partial charge in [0.05, 0.1) is 11.5 Å². The Morgan fingerprint density at radius 3 is 2.29 bits per heavy atom. The Labute approximate surface area is 210 Å². The van der Waals surface area contributed by atoms with Crippen molar-refractivity contribution in [3.8, 4) is 16.9 Å². The summed E-state index contributed by atoms with van der Waals surface area (Å²) in [4.78, 5) is 1.42. The summed E-state index contributed by atoms with van der Waals surface area (Å²) < 4.78 is 70.5. The Hall–Kier alpha value is -2.63. The van der Waals surface area contributed by atoms with E-state index in [0.717, 1.165) is 46.4 Å². The van der Waals surface area contributed by atoms with Gasteiger partial charge in [-0.2, -0.15) is 0 Å². The molecule has 3 aromatic carbocycles. The number of likely N-dealkylation sites (tertiary alicyclic amines) is 1. The van der Waals surface area contributed by atoms with Crippen LogP contribution in [0, 0.1) is 0 Å². The number of hydrogen-bond acceptors (Lipinski definition) is 4. The highest BCUT2D eigenvalue weighted by Crippen LogP contribution is 2.40. The van der Waals surface area contributed by atoms with Gasteiger partial charge in [-0.3, -0.25) is 0 Å². The SMILES string of the molecule is [2H]C([2H])([2H])C([2H])([2H])N1CCC2(CCc3cc(-c4ccc(CS(=O)(=O)Cc5ccccc5)cc4)ccc3O2)CC1. The van der Waals surface area contributed by atoms with Gasteiger partial charge < -0.3 is 9.64 Å². The summed E-state index contributed by atoms with van der Waals surface area (Å²) >= 11 is 0. The Morgan fingerprint density at radius 2 is 1.59 bits per heavy atom. The van der Waals surface area contributed by atoms with Gasteiger partial charge in [0.1, 0.15) is 11.4 Å². The molecule has 2 aliphatic heterocycles. The van der Waals surface area contributed by atoms with Crippen LogP contribution < -0.4 is 4.74 Å². The van der Waals surface area contributed by atoms with Gasteiger partial charge in [0, 0.05) is 19.9 Å². The lowest BCUT2D eigenvalue weighted by molar-refractivity contribution is -0.0132. The summed E-state index contributed by atoms with van der Waals surface area (Å²) in [5, 5.41) is 0. The highest BCUT2D eigenvalue weighted by Gasteiger charge is 2.39. The van der Waals surface area contributed by atoms with E-state index >= 15 is 0 Å². The number of nitrogens with zero attached hydrogens (tertiary/aromatic N) is 1. The van der Waals surface area contributed by atoms with Gasteiger partial charge >= 0.3 is 0 Å². The lowest BCUT2D eigenvalue weighted by atomic mass is 9.82. The third-order valence-corrected chi connectivity index (χ3v) is 8.52. The quantitative estimate of drug-likeness (QED) is 0.458. The maximum Gasteiger partial charge on any atom is 0.158 e. The van der Waals surface area contributed by atoms with Gasteiger partial charge in [-0.1, -0.05) is 67.5 Å². The summed E-state index contributed by atoms with van der Waals surface area (Å²) in [7, 11) is -3.28. The summed E-state index contributed by atoms with van der Waals surface area (Å²) in [6.45, 7) is -4.36. The molecule has 2 heterocycles. The lowest BCUT2D eigenvalue weighted by Crippen LogP contribution is -2.49. The average Bonchev–Trinajstić information content (AvgIpc) is 2.88. The number of rotatable bonds is 6. The van der Waals surface area contributed by atoms with Crippen molar-refractivity contribution in [1.29, 1.82) is 0 Å². The first kappa shape index (κ1) is 17.8. The van der Waals surface area contributed by atoms with E-state index in [0.29, 0.717) is 25.9 Å². The van der Waals surface area contributed by atoms with Crippen molar-refractivity contribution in [3.63, 3.8) is 0 Å². The van der Waals surface area contributed by atoms with Gasteiger partial charge in [0.25, 0.3) is 0 Å². The summed E-state index contributed by atoms with van der Waals surface area (Å²) in [6.07, 6.45) is 2.79. The van der Waals surface area contributed by atoms with Crippen LogP contribution in [0.15, 0.2) is 72.8 Å². The molecule has 1 fully saturated rings. The first-order valence-electron chi connectivity index (χ1n) is 14.3. The maximum absolute atomic E-state index is 12.7. The predicted octanol–water partition coefficient (Wildman–Crippen LogP) is 5.65. The molecule has 0 amide bonds. The number of piperidine rings is 1. The topological polar surface area (TPSA) is 46.6 Å². The van der Waals surface area contributed by atoms with Crippen LogP contribution in [-0.2, 0) is 27.8 Å². The van der Waals surface area contributed by atoms with E-state index in [9.17, 15) is 8.42 Å². The van der Waals surface area contributed by atoms with E-state index in [1.807, 2.05) is 66.7 Å². The van der Waals surface area contributed by atoms with E-state index in [1.165, 1.54) is 4.90 Å². The molecule has 0 atom stereocenters.